The summed E-state index contributed by atoms with van der Waals surface area (Å²) in [4.78, 5) is 25.0. The van der Waals surface area contributed by atoms with Gasteiger partial charge in [-0.2, -0.15) is 0 Å². The number of carbonyl (C=O) groups excluding carboxylic acids is 1. The minimum Gasteiger partial charge on any atom is -0.496 e. The van der Waals surface area contributed by atoms with Gasteiger partial charge in [0.05, 0.1) is 13.5 Å². The second kappa shape index (κ2) is 9.30. The average Bonchev–Trinajstić information content (AvgIpc) is 3.21. The van der Waals surface area contributed by atoms with Crippen molar-refractivity contribution < 1.29 is 14.3 Å². The molecule has 0 aliphatic carbocycles. The van der Waals surface area contributed by atoms with E-state index in [4.69, 9.17) is 9.47 Å². The first-order chi connectivity index (χ1) is 15.5. The smallest absolute Gasteiger partial charge is 0.228 e. The summed E-state index contributed by atoms with van der Waals surface area (Å²) in [6.07, 6.45) is 5.26. The summed E-state index contributed by atoms with van der Waals surface area (Å²) in [5, 5.41) is 2.90. The van der Waals surface area contributed by atoms with Gasteiger partial charge in [0.1, 0.15) is 29.5 Å². The maximum absolute atomic E-state index is 12.4. The molecule has 1 amide bonds. The van der Waals surface area contributed by atoms with Gasteiger partial charge in [0.2, 0.25) is 11.8 Å². The second-order valence-electron chi connectivity index (χ2n) is 7.21. The molecule has 0 fully saturated rings. The Kier molecular flexibility index (Phi) is 6.12. The monoisotopic (exact) mass is 429 g/mol. The number of methoxy groups -OCH3 is 1. The van der Waals surface area contributed by atoms with Crippen LogP contribution in [0.3, 0.4) is 0 Å². The normalized spacial score (nSPS) is 10.6. The molecule has 0 spiro atoms. The van der Waals surface area contributed by atoms with Gasteiger partial charge < -0.3 is 14.8 Å². The molecule has 2 heterocycles. The zero-order valence-electron chi connectivity index (χ0n) is 18.1. The van der Waals surface area contributed by atoms with Gasteiger partial charge in [-0.3, -0.25) is 9.36 Å². The molecule has 0 bridgehead atoms. The Labute approximate surface area is 185 Å². The molecule has 0 atom stereocenters. The van der Waals surface area contributed by atoms with Crippen molar-refractivity contribution in [3.63, 3.8) is 0 Å². The Morgan fingerprint density at radius 2 is 1.84 bits per heavy atom. The molecule has 0 saturated carbocycles. The van der Waals surface area contributed by atoms with Crippen LogP contribution in [0.1, 0.15) is 17.0 Å². The number of anilines is 1. The lowest BCUT2D eigenvalue weighted by atomic mass is 10.1. The molecule has 162 valence electrons. The standard InChI is InChI=1S/C24H23N5O3/c1-16-12-18(4-9-21(16)31-3)13-23(30)28-19-5-7-20(8-6-19)32-24-14-22(26-15-27-24)29-11-10-25-17(29)2/h4-12,14-15H,13H2,1-3H3,(H,28,30). The van der Waals surface area contributed by atoms with Crippen LogP contribution >= 0.6 is 0 Å². The number of nitrogens with zero attached hydrogens (tertiary/aromatic N) is 4. The number of nitrogens with one attached hydrogen (secondary N) is 1. The molecule has 0 aliphatic heterocycles. The number of benzene rings is 2. The summed E-state index contributed by atoms with van der Waals surface area (Å²) in [5.41, 5.74) is 2.61. The van der Waals surface area contributed by atoms with Gasteiger partial charge in [-0.05, 0) is 55.3 Å². The highest BCUT2D eigenvalue weighted by atomic mass is 16.5. The number of aryl methyl sites for hydroxylation is 2. The fourth-order valence-corrected chi connectivity index (χ4v) is 3.31. The third-order valence-corrected chi connectivity index (χ3v) is 4.88. The quantitative estimate of drug-likeness (QED) is 0.472. The highest BCUT2D eigenvalue weighted by Crippen LogP contribution is 2.23. The molecular weight excluding hydrogens is 406 g/mol. The third-order valence-electron chi connectivity index (χ3n) is 4.88. The number of aromatic nitrogens is 4. The Morgan fingerprint density at radius 3 is 2.53 bits per heavy atom. The van der Waals surface area contributed by atoms with Crippen molar-refractivity contribution >= 4 is 11.6 Å². The first kappa shape index (κ1) is 21.0. The fraction of sp³-hybridized carbons (Fsp3) is 0.167. The van der Waals surface area contributed by atoms with E-state index in [1.54, 1.807) is 43.6 Å². The van der Waals surface area contributed by atoms with Crippen LogP contribution in [0.15, 0.2) is 67.3 Å². The molecule has 0 aliphatic rings. The summed E-state index contributed by atoms with van der Waals surface area (Å²) in [5.74, 6) is 3.21. The molecule has 0 saturated heterocycles. The summed E-state index contributed by atoms with van der Waals surface area (Å²) in [6.45, 7) is 3.85. The maximum Gasteiger partial charge on any atom is 0.228 e. The number of imidazole rings is 1. The summed E-state index contributed by atoms with van der Waals surface area (Å²) >= 11 is 0. The third kappa shape index (κ3) is 4.92. The van der Waals surface area contributed by atoms with Crippen LogP contribution in [0.5, 0.6) is 17.4 Å². The van der Waals surface area contributed by atoms with E-state index < -0.39 is 0 Å². The topological polar surface area (TPSA) is 91.2 Å². The van der Waals surface area contributed by atoms with Gasteiger partial charge in [-0.15, -0.1) is 0 Å². The van der Waals surface area contributed by atoms with E-state index >= 15 is 0 Å². The lowest BCUT2D eigenvalue weighted by molar-refractivity contribution is -0.115. The van der Waals surface area contributed by atoms with Crippen LogP contribution in [0.2, 0.25) is 0 Å². The zero-order chi connectivity index (χ0) is 22.5. The van der Waals surface area contributed by atoms with Gasteiger partial charge >= 0.3 is 0 Å². The van der Waals surface area contributed by atoms with Crippen LogP contribution in [0, 0.1) is 13.8 Å². The van der Waals surface area contributed by atoms with Crippen LogP contribution in [0.25, 0.3) is 5.82 Å². The van der Waals surface area contributed by atoms with E-state index in [0.29, 0.717) is 23.1 Å². The number of hydrogen-bond donors (Lipinski definition) is 1. The molecule has 4 aromatic rings. The first-order valence-corrected chi connectivity index (χ1v) is 10.1. The van der Waals surface area contributed by atoms with Gasteiger partial charge in [0.25, 0.3) is 0 Å². The molecule has 2 aromatic carbocycles. The summed E-state index contributed by atoms with van der Waals surface area (Å²) in [6, 6.07) is 14.6. The number of carbonyl (C=O) groups is 1. The Balaban J connectivity index is 1.38. The van der Waals surface area contributed by atoms with Crippen molar-refractivity contribution in [2.45, 2.75) is 20.3 Å². The van der Waals surface area contributed by atoms with Crippen molar-refractivity contribution in [1.82, 2.24) is 19.5 Å². The van der Waals surface area contributed by atoms with E-state index in [2.05, 4.69) is 20.3 Å². The number of amides is 1. The molecule has 4 rings (SSSR count). The molecule has 8 heteroatoms. The van der Waals surface area contributed by atoms with Crippen LogP contribution in [0.4, 0.5) is 5.69 Å². The SMILES string of the molecule is COc1ccc(CC(=O)Nc2ccc(Oc3cc(-n4ccnc4C)ncn3)cc2)cc1C. The molecule has 0 radical (unpaired) electrons. The summed E-state index contributed by atoms with van der Waals surface area (Å²) in [7, 11) is 1.63. The first-order valence-electron chi connectivity index (χ1n) is 10.1. The average molecular weight is 429 g/mol. The van der Waals surface area contributed by atoms with Crippen molar-refractivity contribution in [3.8, 4) is 23.2 Å². The van der Waals surface area contributed by atoms with E-state index in [1.807, 2.05) is 42.8 Å². The maximum atomic E-state index is 12.4. The Bertz CT molecular complexity index is 1230. The van der Waals surface area contributed by atoms with Gasteiger partial charge in [-0.1, -0.05) is 12.1 Å². The Morgan fingerprint density at radius 1 is 1.03 bits per heavy atom. The zero-order valence-corrected chi connectivity index (χ0v) is 18.1. The highest BCUT2D eigenvalue weighted by Gasteiger charge is 2.08. The van der Waals surface area contributed by atoms with Gasteiger partial charge in [-0.25, -0.2) is 15.0 Å². The predicted molar refractivity (Wildman–Crippen MR) is 120 cm³/mol. The van der Waals surface area contributed by atoms with Gasteiger partial charge in [0.15, 0.2) is 0 Å². The minimum atomic E-state index is -0.0978. The van der Waals surface area contributed by atoms with Crippen LogP contribution in [-0.2, 0) is 11.2 Å². The lowest BCUT2D eigenvalue weighted by Gasteiger charge is -2.10. The molecular formula is C24H23N5O3. The van der Waals surface area contributed by atoms with Crippen molar-refractivity contribution in [2.75, 3.05) is 12.4 Å². The largest absolute Gasteiger partial charge is 0.496 e. The molecule has 1 N–H and O–H groups in total. The molecule has 32 heavy (non-hydrogen) atoms. The highest BCUT2D eigenvalue weighted by molar-refractivity contribution is 5.92. The summed E-state index contributed by atoms with van der Waals surface area (Å²) < 4.78 is 12.9. The number of hydrogen-bond acceptors (Lipinski definition) is 6. The van der Waals surface area contributed by atoms with E-state index in [-0.39, 0.29) is 12.3 Å². The Hall–Kier alpha value is -4.20. The van der Waals surface area contributed by atoms with Gasteiger partial charge in [0, 0.05) is 24.1 Å². The second-order valence-corrected chi connectivity index (χ2v) is 7.21. The van der Waals surface area contributed by atoms with Crippen molar-refractivity contribution in [3.05, 3.63) is 84.2 Å². The van der Waals surface area contributed by atoms with Crippen LogP contribution in [-0.4, -0.2) is 32.5 Å². The fourth-order valence-electron chi connectivity index (χ4n) is 3.31. The molecule has 8 nitrogen and oxygen atoms in total. The number of rotatable bonds is 7. The predicted octanol–water partition coefficient (Wildman–Crippen LogP) is 4.26. The lowest BCUT2D eigenvalue weighted by Crippen LogP contribution is -2.14. The van der Waals surface area contributed by atoms with Crippen molar-refractivity contribution in [2.24, 2.45) is 0 Å². The molecule has 2 aromatic heterocycles. The number of ether oxygens (including phenoxy) is 2. The minimum absolute atomic E-state index is 0.0978. The van der Waals surface area contributed by atoms with Crippen LogP contribution < -0.4 is 14.8 Å². The van der Waals surface area contributed by atoms with Crippen molar-refractivity contribution in [1.29, 1.82) is 0 Å². The van der Waals surface area contributed by atoms with E-state index in [1.165, 1.54) is 6.33 Å². The van der Waals surface area contributed by atoms with E-state index in [9.17, 15) is 4.79 Å². The molecule has 0 unspecified atom stereocenters. The van der Waals surface area contributed by atoms with E-state index in [0.717, 1.165) is 22.7 Å².